The summed E-state index contributed by atoms with van der Waals surface area (Å²) in [5, 5.41) is 44.2. The van der Waals surface area contributed by atoms with Crippen molar-refractivity contribution in [3.63, 3.8) is 0 Å². The molecule has 0 aromatic carbocycles. The molecule has 4 rings (SSSR count). The maximum absolute atomic E-state index is 13.1. The van der Waals surface area contributed by atoms with Gasteiger partial charge in [-0.05, 0) is 80.5 Å². The summed E-state index contributed by atoms with van der Waals surface area (Å²) in [6, 6.07) is 0. The number of rotatable bonds is 6. The van der Waals surface area contributed by atoms with Gasteiger partial charge in [0.1, 0.15) is 6.29 Å². The first-order valence-corrected chi connectivity index (χ1v) is 13.7. The smallest absolute Gasteiger partial charge is 0.127 e. The molecule has 0 amide bonds. The second-order valence-corrected chi connectivity index (χ2v) is 13.7. The van der Waals surface area contributed by atoms with Crippen molar-refractivity contribution in [1.82, 2.24) is 0 Å². The van der Waals surface area contributed by atoms with Gasteiger partial charge in [-0.15, -0.1) is 6.58 Å². The van der Waals surface area contributed by atoms with Crippen molar-refractivity contribution < 1.29 is 25.2 Å². The summed E-state index contributed by atoms with van der Waals surface area (Å²) in [7, 11) is 0. The average Bonchev–Trinajstić information content (AvgIpc) is 3.06. The number of carbonyl (C=O) groups is 1. The summed E-state index contributed by atoms with van der Waals surface area (Å²) in [6.45, 7) is 16.5. The molecule has 4 aliphatic rings. The van der Waals surface area contributed by atoms with E-state index >= 15 is 0 Å². The first-order chi connectivity index (χ1) is 16.2. The molecule has 198 valence electrons. The standard InChI is InChI=1S/C30H48O5/c1-17(2)14-22(32)25(35)18(3)19-10-11-29(7)26-23(33)15-21-20(8-9-24(34)27(21,4)5)30(26,16-31)13-12-28(19,29)6/h15-16,18-20,22-26,32-35H,1,8-14H2,2-7H3/t18-,19+,20+,22?,23-,24-,25?,26-,28+,29-,30+/m0/s1. The normalized spacial score (nSPS) is 46.9. The van der Waals surface area contributed by atoms with Crippen LogP contribution in [-0.2, 0) is 4.79 Å². The lowest BCUT2D eigenvalue weighted by molar-refractivity contribution is -0.185. The van der Waals surface area contributed by atoms with E-state index in [-0.39, 0.29) is 34.5 Å². The molecule has 11 atom stereocenters. The highest BCUT2D eigenvalue weighted by atomic mass is 16.3. The number of aliphatic hydroxyl groups is 4. The minimum atomic E-state index is -0.836. The Bertz CT molecular complexity index is 893. The molecule has 3 saturated carbocycles. The number of hydrogen-bond acceptors (Lipinski definition) is 5. The summed E-state index contributed by atoms with van der Waals surface area (Å²) in [6.07, 6.45) is 5.48. The van der Waals surface area contributed by atoms with Gasteiger partial charge in [0.25, 0.3) is 0 Å². The van der Waals surface area contributed by atoms with Crippen molar-refractivity contribution in [2.24, 2.45) is 45.3 Å². The topological polar surface area (TPSA) is 98.0 Å². The van der Waals surface area contributed by atoms with Crippen LogP contribution in [0.2, 0.25) is 0 Å². The molecule has 4 aliphatic carbocycles. The first-order valence-electron chi connectivity index (χ1n) is 13.7. The van der Waals surface area contributed by atoms with Crippen LogP contribution in [0.3, 0.4) is 0 Å². The Kier molecular flexibility index (Phi) is 6.79. The molecule has 2 unspecified atom stereocenters. The van der Waals surface area contributed by atoms with E-state index in [1.807, 2.05) is 26.8 Å². The van der Waals surface area contributed by atoms with Crippen LogP contribution in [0.25, 0.3) is 0 Å². The van der Waals surface area contributed by atoms with E-state index in [9.17, 15) is 25.2 Å². The fourth-order valence-corrected chi connectivity index (χ4v) is 9.55. The van der Waals surface area contributed by atoms with Crippen LogP contribution >= 0.6 is 0 Å². The van der Waals surface area contributed by atoms with Gasteiger partial charge in [-0.2, -0.15) is 0 Å². The number of aldehydes is 1. The van der Waals surface area contributed by atoms with Crippen molar-refractivity contribution in [2.75, 3.05) is 0 Å². The van der Waals surface area contributed by atoms with E-state index in [4.69, 9.17) is 0 Å². The number of carbonyl (C=O) groups excluding carboxylic acids is 1. The molecular weight excluding hydrogens is 440 g/mol. The van der Waals surface area contributed by atoms with Crippen LogP contribution in [0.15, 0.2) is 23.8 Å². The fourth-order valence-electron chi connectivity index (χ4n) is 9.55. The number of hydrogen-bond donors (Lipinski definition) is 4. The minimum absolute atomic E-state index is 0.0487. The number of aliphatic hydroxyl groups excluding tert-OH is 4. The molecule has 3 fully saturated rings. The van der Waals surface area contributed by atoms with Crippen LogP contribution in [0, 0.1) is 45.3 Å². The molecule has 0 aromatic rings. The zero-order valence-electron chi connectivity index (χ0n) is 22.6. The minimum Gasteiger partial charge on any atom is -0.392 e. The lowest BCUT2D eigenvalue weighted by Crippen LogP contribution is -2.64. The highest BCUT2D eigenvalue weighted by molar-refractivity contribution is 5.65. The Morgan fingerprint density at radius 2 is 1.74 bits per heavy atom. The van der Waals surface area contributed by atoms with Crippen LogP contribution in [0.1, 0.15) is 86.5 Å². The monoisotopic (exact) mass is 488 g/mol. The van der Waals surface area contributed by atoms with E-state index in [0.717, 1.165) is 36.8 Å². The Balaban J connectivity index is 1.72. The molecular formula is C30H48O5. The zero-order chi connectivity index (χ0) is 26.1. The van der Waals surface area contributed by atoms with Crippen molar-refractivity contribution in [2.45, 2.75) is 111 Å². The molecule has 0 bridgehead atoms. The zero-order valence-corrected chi connectivity index (χ0v) is 22.6. The maximum atomic E-state index is 13.1. The second-order valence-electron chi connectivity index (χ2n) is 13.7. The van der Waals surface area contributed by atoms with Crippen molar-refractivity contribution in [1.29, 1.82) is 0 Å². The lowest BCUT2D eigenvalue weighted by Gasteiger charge is -2.66. The SMILES string of the molecule is C=C(C)CC(O)C(O)[C@@H](C)[C@H]1CC[C@@]2(C)[C@@H]3[C@@H](O)C=C4[C@@H](CC[C@H](O)C4(C)C)[C@]3(C=O)CC[C@]12C. The van der Waals surface area contributed by atoms with Crippen LogP contribution in [-0.4, -0.2) is 51.1 Å². The molecule has 0 heterocycles. The highest BCUT2D eigenvalue weighted by Gasteiger charge is 2.71. The molecule has 5 heteroatoms. The van der Waals surface area contributed by atoms with Crippen molar-refractivity contribution >= 4 is 6.29 Å². The third-order valence-electron chi connectivity index (χ3n) is 11.8. The molecule has 4 N–H and O–H groups in total. The second kappa shape index (κ2) is 8.79. The maximum Gasteiger partial charge on any atom is 0.127 e. The van der Waals surface area contributed by atoms with E-state index in [0.29, 0.717) is 19.3 Å². The van der Waals surface area contributed by atoms with Crippen LogP contribution in [0.5, 0.6) is 0 Å². The third-order valence-corrected chi connectivity index (χ3v) is 11.8. The van der Waals surface area contributed by atoms with Crippen molar-refractivity contribution in [3.05, 3.63) is 23.8 Å². The summed E-state index contributed by atoms with van der Waals surface area (Å²) >= 11 is 0. The van der Waals surface area contributed by atoms with Gasteiger partial charge in [-0.25, -0.2) is 0 Å². The van der Waals surface area contributed by atoms with E-state index < -0.39 is 35.2 Å². The number of fused-ring (bicyclic) bond motifs is 5. The third kappa shape index (κ3) is 3.66. The van der Waals surface area contributed by atoms with Gasteiger partial charge in [0, 0.05) is 16.7 Å². The quantitative estimate of drug-likeness (QED) is 0.328. The Morgan fingerprint density at radius 1 is 1.09 bits per heavy atom. The lowest BCUT2D eigenvalue weighted by atomic mass is 9.38. The van der Waals surface area contributed by atoms with Gasteiger partial charge in [0.2, 0.25) is 0 Å². The van der Waals surface area contributed by atoms with Gasteiger partial charge in [-0.3, -0.25) is 0 Å². The average molecular weight is 489 g/mol. The van der Waals surface area contributed by atoms with Gasteiger partial charge in [0.05, 0.1) is 24.4 Å². The van der Waals surface area contributed by atoms with Crippen molar-refractivity contribution in [3.8, 4) is 0 Å². The molecule has 0 saturated heterocycles. The fraction of sp³-hybridized carbons (Fsp3) is 0.833. The molecule has 0 aromatic heterocycles. The highest BCUT2D eigenvalue weighted by Crippen LogP contribution is 2.74. The Morgan fingerprint density at radius 3 is 2.34 bits per heavy atom. The molecule has 0 aliphatic heterocycles. The van der Waals surface area contributed by atoms with E-state index in [1.54, 1.807) is 0 Å². The molecule has 5 nitrogen and oxygen atoms in total. The summed E-state index contributed by atoms with van der Waals surface area (Å²) in [5.74, 6) is -0.0574. The predicted molar refractivity (Wildman–Crippen MR) is 137 cm³/mol. The predicted octanol–water partition coefficient (Wildman–Crippen LogP) is 4.43. The van der Waals surface area contributed by atoms with Gasteiger partial charge in [0.15, 0.2) is 0 Å². The molecule has 0 radical (unpaired) electrons. The van der Waals surface area contributed by atoms with Crippen LogP contribution < -0.4 is 0 Å². The Hall–Kier alpha value is -1.01. The first kappa shape index (κ1) is 27.0. The van der Waals surface area contributed by atoms with Gasteiger partial charge in [-0.1, -0.05) is 51.8 Å². The molecule has 0 spiro atoms. The largest absolute Gasteiger partial charge is 0.392 e. The Labute approximate surface area is 211 Å². The van der Waals surface area contributed by atoms with E-state index in [1.165, 1.54) is 6.29 Å². The van der Waals surface area contributed by atoms with E-state index in [2.05, 4.69) is 27.4 Å². The van der Waals surface area contributed by atoms with Gasteiger partial charge < -0.3 is 25.2 Å². The summed E-state index contributed by atoms with van der Waals surface area (Å²) in [4.78, 5) is 13.1. The summed E-state index contributed by atoms with van der Waals surface area (Å²) in [5.41, 5.74) is 0.386. The molecule has 35 heavy (non-hydrogen) atoms. The van der Waals surface area contributed by atoms with Gasteiger partial charge >= 0.3 is 0 Å². The van der Waals surface area contributed by atoms with Crippen LogP contribution in [0.4, 0.5) is 0 Å². The summed E-state index contributed by atoms with van der Waals surface area (Å²) < 4.78 is 0.